The van der Waals surface area contributed by atoms with E-state index in [0.717, 1.165) is 114 Å². The Kier molecular flexibility index (Phi) is 25.6. The number of carbonyl (C=O) groups excluding carboxylic acids is 2. The van der Waals surface area contributed by atoms with Crippen molar-refractivity contribution in [3.8, 4) is 11.5 Å². The molecule has 2 amide bonds. The fourth-order valence-corrected chi connectivity index (χ4v) is 9.28. The molecule has 0 atom stereocenters. The van der Waals surface area contributed by atoms with E-state index in [1.165, 1.54) is 21.6 Å². The Morgan fingerprint density at radius 1 is 0.446 bits per heavy atom. The zero-order valence-electron chi connectivity index (χ0n) is 36.7. The van der Waals surface area contributed by atoms with Gasteiger partial charge in [-0.1, -0.05) is 77.0 Å². The predicted octanol–water partition coefficient (Wildman–Crippen LogP) is 8.32. The minimum atomic E-state index is 0.0318. The first-order valence-electron chi connectivity index (χ1n) is 21.3. The summed E-state index contributed by atoms with van der Waals surface area (Å²) in [5.74, 6) is 1.44. The van der Waals surface area contributed by atoms with E-state index in [1.54, 1.807) is 14.2 Å². The zero-order chi connectivity index (χ0) is 41.3. The highest BCUT2D eigenvalue weighted by Gasteiger charge is 2.24. The monoisotopic (exact) mass is 817 g/mol. The summed E-state index contributed by atoms with van der Waals surface area (Å²) >= 11 is 0. The van der Waals surface area contributed by atoms with Crippen molar-refractivity contribution in [1.29, 1.82) is 0 Å². The predicted molar refractivity (Wildman–Crippen MR) is 239 cm³/mol. The van der Waals surface area contributed by atoms with Gasteiger partial charge in [-0.2, -0.15) is 0 Å². The second-order valence-electron chi connectivity index (χ2n) is 14.0. The Labute approximate surface area is 349 Å². The van der Waals surface area contributed by atoms with E-state index in [2.05, 4.69) is 75.0 Å². The lowest BCUT2D eigenvalue weighted by molar-refractivity contribution is 0.0729. The maximum Gasteiger partial charge on any atom is 0.255 e. The van der Waals surface area contributed by atoms with Crippen LogP contribution in [0.2, 0.25) is 0 Å². The van der Waals surface area contributed by atoms with Crippen LogP contribution in [0.3, 0.4) is 0 Å². The lowest BCUT2D eigenvalue weighted by atomic mass is 10.1. The van der Waals surface area contributed by atoms with Gasteiger partial charge < -0.3 is 38.9 Å². The smallest absolute Gasteiger partial charge is 0.255 e. The number of benzene rings is 2. The third kappa shape index (κ3) is 16.8. The van der Waals surface area contributed by atoms with Crippen LogP contribution in [0.1, 0.15) is 102 Å². The van der Waals surface area contributed by atoms with Crippen LogP contribution in [0, 0.1) is 0 Å². The summed E-state index contributed by atoms with van der Waals surface area (Å²) in [6, 6.07) is 11.4. The van der Waals surface area contributed by atoms with Crippen LogP contribution in [0.4, 0.5) is 0 Å². The standard InChI is InChI=1S/C44H76N6O4S2/c1-11-45(12-2)27-19-31-49(32-20-28-46(13-3)14-4)43(51)39-25-23-37(53-9)35-41(39)55-56-42-36-38(54-10)24-26-40(42)44(52)50(33-21-29-47(15-5)16-6)34-22-30-48(17-7)18-8/h23-26,35-36H,11-22,27-34H2,1-10H3. The highest BCUT2D eigenvalue weighted by Crippen LogP contribution is 2.43. The molecule has 0 aliphatic rings. The Bertz CT molecular complexity index is 1250. The Morgan fingerprint density at radius 3 is 0.946 bits per heavy atom. The average molecular weight is 817 g/mol. The lowest BCUT2D eigenvalue weighted by Crippen LogP contribution is -2.37. The van der Waals surface area contributed by atoms with Gasteiger partial charge in [-0.05, 0) is 141 Å². The van der Waals surface area contributed by atoms with Crippen molar-refractivity contribution < 1.29 is 19.1 Å². The fraction of sp³-hybridized carbons (Fsp3) is 0.682. The van der Waals surface area contributed by atoms with Crippen LogP contribution >= 0.6 is 21.6 Å². The van der Waals surface area contributed by atoms with Gasteiger partial charge in [0.1, 0.15) is 11.5 Å². The molecule has 0 spiro atoms. The quantitative estimate of drug-likeness (QED) is 0.0695. The molecule has 0 radical (unpaired) electrons. The number of rotatable bonds is 31. The molecule has 0 unspecified atom stereocenters. The lowest BCUT2D eigenvalue weighted by Gasteiger charge is -2.27. The molecular weight excluding hydrogens is 741 g/mol. The topological polar surface area (TPSA) is 72.0 Å². The molecule has 56 heavy (non-hydrogen) atoms. The van der Waals surface area contributed by atoms with Gasteiger partial charge in [-0.25, -0.2) is 0 Å². The molecular formula is C44H76N6O4S2. The summed E-state index contributed by atoms with van der Waals surface area (Å²) < 4.78 is 11.3. The van der Waals surface area contributed by atoms with Crippen LogP contribution < -0.4 is 9.47 Å². The fourth-order valence-electron chi connectivity index (χ4n) is 6.91. The third-order valence-electron chi connectivity index (χ3n) is 10.8. The summed E-state index contributed by atoms with van der Waals surface area (Å²) in [5, 5.41) is 0. The van der Waals surface area contributed by atoms with Crippen LogP contribution in [0.15, 0.2) is 46.2 Å². The largest absolute Gasteiger partial charge is 0.497 e. The SMILES string of the molecule is CCN(CC)CCCN(CCCN(CC)CC)C(=O)c1ccc(OC)cc1SSc1cc(OC)ccc1C(=O)N(CCCN(CC)CC)CCCN(CC)CC. The maximum atomic E-state index is 14.5. The minimum Gasteiger partial charge on any atom is -0.497 e. The van der Waals surface area contributed by atoms with Gasteiger partial charge >= 0.3 is 0 Å². The third-order valence-corrected chi connectivity index (χ3v) is 13.3. The van der Waals surface area contributed by atoms with E-state index < -0.39 is 0 Å². The first kappa shape index (κ1) is 49.7. The van der Waals surface area contributed by atoms with Gasteiger partial charge in [0.15, 0.2) is 0 Å². The summed E-state index contributed by atoms with van der Waals surface area (Å²) in [4.78, 5) is 44.4. The number of hydrogen-bond donors (Lipinski definition) is 0. The van der Waals surface area contributed by atoms with Crippen molar-refractivity contribution in [2.24, 2.45) is 0 Å². The second kappa shape index (κ2) is 28.8. The number of amides is 2. The highest BCUT2D eigenvalue weighted by atomic mass is 33.1. The zero-order valence-corrected chi connectivity index (χ0v) is 38.4. The number of ether oxygens (including phenoxy) is 2. The number of nitrogens with zero attached hydrogens (tertiary/aromatic N) is 6. The van der Waals surface area contributed by atoms with E-state index in [0.29, 0.717) is 48.8 Å². The Morgan fingerprint density at radius 2 is 0.714 bits per heavy atom. The van der Waals surface area contributed by atoms with Gasteiger partial charge in [0, 0.05) is 36.0 Å². The summed E-state index contributed by atoms with van der Waals surface area (Å²) in [6.45, 7) is 32.2. The first-order chi connectivity index (χ1) is 27.2. The van der Waals surface area contributed by atoms with E-state index in [-0.39, 0.29) is 11.8 Å². The Balaban J connectivity index is 2.44. The molecule has 10 nitrogen and oxygen atoms in total. The number of carbonyl (C=O) groups is 2. The molecule has 318 valence electrons. The van der Waals surface area contributed by atoms with Crippen LogP contribution in [-0.4, -0.2) is 160 Å². The molecule has 12 heteroatoms. The van der Waals surface area contributed by atoms with Gasteiger partial charge in [-0.3, -0.25) is 9.59 Å². The summed E-state index contributed by atoms with van der Waals surface area (Å²) in [7, 11) is 6.30. The summed E-state index contributed by atoms with van der Waals surface area (Å²) in [5.41, 5.74) is 1.30. The number of hydrogen-bond acceptors (Lipinski definition) is 10. The van der Waals surface area contributed by atoms with Crippen molar-refractivity contribution in [3.05, 3.63) is 47.5 Å². The minimum absolute atomic E-state index is 0.0318. The van der Waals surface area contributed by atoms with Gasteiger partial charge in [0.05, 0.1) is 25.3 Å². The van der Waals surface area contributed by atoms with Crippen LogP contribution in [0.5, 0.6) is 11.5 Å². The maximum absolute atomic E-state index is 14.5. The van der Waals surface area contributed by atoms with E-state index in [1.807, 2.05) is 46.2 Å². The molecule has 0 aromatic heterocycles. The molecule has 0 fully saturated rings. The van der Waals surface area contributed by atoms with Crippen molar-refractivity contribution in [3.63, 3.8) is 0 Å². The van der Waals surface area contributed by atoms with E-state index >= 15 is 0 Å². The normalized spacial score (nSPS) is 11.6. The highest BCUT2D eigenvalue weighted by molar-refractivity contribution is 8.76. The van der Waals surface area contributed by atoms with Crippen LogP contribution in [0.25, 0.3) is 0 Å². The molecule has 0 saturated carbocycles. The molecule has 0 bridgehead atoms. The van der Waals surface area contributed by atoms with Gasteiger partial charge in [0.2, 0.25) is 0 Å². The second-order valence-corrected chi connectivity index (χ2v) is 16.2. The van der Waals surface area contributed by atoms with E-state index in [9.17, 15) is 9.59 Å². The molecule has 0 heterocycles. The van der Waals surface area contributed by atoms with Crippen LogP contribution in [-0.2, 0) is 0 Å². The van der Waals surface area contributed by atoms with Gasteiger partial charge in [0.25, 0.3) is 11.8 Å². The van der Waals surface area contributed by atoms with E-state index in [4.69, 9.17) is 9.47 Å². The molecule has 0 aliphatic heterocycles. The summed E-state index contributed by atoms with van der Waals surface area (Å²) in [6.07, 6.45) is 3.67. The molecule has 2 aromatic rings. The molecule has 2 aromatic carbocycles. The van der Waals surface area contributed by atoms with Crippen molar-refractivity contribution in [2.45, 2.75) is 90.9 Å². The van der Waals surface area contributed by atoms with Gasteiger partial charge in [-0.15, -0.1) is 0 Å². The first-order valence-corrected chi connectivity index (χ1v) is 23.5. The van der Waals surface area contributed by atoms with Crippen molar-refractivity contribution in [2.75, 3.05) is 119 Å². The van der Waals surface area contributed by atoms with Crippen molar-refractivity contribution in [1.82, 2.24) is 29.4 Å². The molecule has 0 aliphatic carbocycles. The average Bonchev–Trinajstić information content (AvgIpc) is 3.24. The molecule has 2 rings (SSSR count). The Hall–Kier alpha value is -2.48. The molecule has 0 saturated heterocycles. The molecule has 0 N–H and O–H groups in total. The number of methoxy groups -OCH3 is 2. The van der Waals surface area contributed by atoms with Crippen molar-refractivity contribution >= 4 is 33.4 Å².